The molecule has 84 valence electrons. The maximum absolute atomic E-state index is 6.46. The number of pyridine rings is 1. The quantitative estimate of drug-likeness (QED) is 0.852. The van der Waals surface area contributed by atoms with Crippen molar-refractivity contribution >= 4 is 10.8 Å². The largest absolute Gasteiger partial charge is 0.321 e. The fourth-order valence-electron chi connectivity index (χ4n) is 2.19. The highest BCUT2D eigenvalue weighted by Gasteiger charge is 2.24. The summed E-state index contributed by atoms with van der Waals surface area (Å²) in [5, 5.41) is 2.39. The van der Waals surface area contributed by atoms with Gasteiger partial charge in [-0.25, -0.2) is 0 Å². The van der Waals surface area contributed by atoms with Crippen LogP contribution in [0.3, 0.4) is 0 Å². The van der Waals surface area contributed by atoms with Crippen molar-refractivity contribution in [3.05, 3.63) is 42.2 Å². The van der Waals surface area contributed by atoms with Crippen LogP contribution in [0.25, 0.3) is 10.8 Å². The summed E-state index contributed by atoms with van der Waals surface area (Å²) in [5.74, 6) is 0. The molecule has 0 unspecified atom stereocenters. The van der Waals surface area contributed by atoms with Gasteiger partial charge in [-0.3, -0.25) is 4.98 Å². The van der Waals surface area contributed by atoms with Gasteiger partial charge in [0.2, 0.25) is 0 Å². The van der Waals surface area contributed by atoms with E-state index in [2.05, 4.69) is 43.1 Å². The third kappa shape index (κ3) is 1.69. The van der Waals surface area contributed by atoms with Gasteiger partial charge in [0.15, 0.2) is 0 Å². The van der Waals surface area contributed by atoms with Crippen LogP contribution in [0.4, 0.5) is 0 Å². The molecule has 1 aromatic carbocycles. The predicted octanol–water partition coefficient (Wildman–Crippen LogP) is 3.21. The van der Waals surface area contributed by atoms with Crippen molar-refractivity contribution in [2.45, 2.75) is 32.2 Å². The molecule has 0 atom stereocenters. The second kappa shape index (κ2) is 4.22. The van der Waals surface area contributed by atoms with E-state index in [-0.39, 0.29) is 5.54 Å². The summed E-state index contributed by atoms with van der Waals surface area (Å²) in [6.07, 6.45) is 5.62. The van der Waals surface area contributed by atoms with Gasteiger partial charge in [0.1, 0.15) is 0 Å². The molecule has 2 heteroatoms. The molecule has 0 aliphatic carbocycles. The summed E-state index contributed by atoms with van der Waals surface area (Å²) in [7, 11) is 0. The molecule has 2 rings (SSSR count). The summed E-state index contributed by atoms with van der Waals surface area (Å²) >= 11 is 0. The average molecular weight is 214 g/mol. The van der Waals surface area contributed by atoms with Crippen LogP contribution in [-0.2, 0) is 5.54 Å². The SMILES string of the molecule is CCC(N)(CC)c1cccc2cnccc12. The topological polar surface area (TPSA) is 38.9 Å². The monoisotopic (exact) mass is 214 g/mol. The predicted molar refractivity (Wildman–Crippen MR) is 68.2 cm³/mol. The molecule has 2 N–H and O–H groups in total. The summed E-state index contributed by atoms with van der Waals surface area (Å²) < 4.78 is 0. The second-order valence-electron chi connectivity index (χ2n) is 4.27. The number of hydrogen-bond acceptors (Lipinski definition) is 2. The summed E-state index contributed by atoms with van der Waals surface area (Å²) in [6, 6.07) is 8.33. The number of nitrogens with two attached hydrogens (primary N) is 1. The van der Waals surface area contributed by atoms with E-state index >= 15 is 0 Å². The molecule has 1 aromatic heterocycles. The van der Waals surface area contributed by atoms with Crippen LogP contribution in [0.2, 0.25) is 0 Å². The summed E-state index contributed by atoms with van der Waals surface area (Å²) in [5.41, 5.74) is 7.48. The van der Waals surface area contributed by atoms with Gasteiger partial charge in [-0.2, -0.15) is 0 Å². The number of fused-ring (bicyclic) bond motifs is 1. The minimum absolute atomic E-state index is 0.221. The van der Waals surface area contributed by atoms with Crippen molar-refractivity contribution in [1.82, 2.24) is 4.98 Å². The van der Waals surface area contributed by atoms with Gasteiger partial charge in [0.05, 0.1) is 0 Å². The van der Waals surface area contributed by atoms with Crippen molar-refractivity contribution in [1.29, 1.82) is 0 Å². The van der Waals surface area contributed by atoms with Crippen LogP contribution in [0, 0.1) is 0 Å². The van der Waals surface area contributed by atoms with Crippen molar-refractivity contribution in [3.63, 3.8) is 0 Å². The van der Waals surface area contributed by atoms with Crippen molar-refractivity contribution in [2.24, 2.45) is 5.73 Å². The molecule has 16 heavy (non-hydrogen) atoms. The molecule has 0 aliphatic rings. The Balaban J connectivity index is 2.69. The minimum atomic E-state index is -0.221. The first kappa shape index (κ1) is 11.1. The highest BCUT2D eigenvalue weighted by molar-refractivity contribution is 5.85. The lowest BCUT2D eigenvalue weighted by Gasteiger charge is -2.28. The van der Waals surface area contributed by atoms with Crippen molar-refractivity contribution < 1.29 is 0 Å². The molecule has 2 nitrogen and oxygen atoms in total. The van der Waals surface area contributed by atoms with Crippen LogP contribution in [0.15, 0.2) is 36.7 Å². The van der Waals surface area contributed by atoms with Gasteiger partial charge in [0.25, 0.3) is 0 Å². The van der Waals surface area contributed by atoms with Crippen LogP contribution in [-0.4, -0.2) is 4.98 Å². The zero-order valence-electron chi connectivity index (χ0n) is 9.90. The van der Waals surface area contributed by atoms with Gasteiger partial charge >= 0.3 is 0 Å². The van der Waals surface area contributed by atoms with E-state index in [1.807, 2.05) is 12.4 Å². The molecule has 0 saturated carbocycles. The Hall–Kier alpha value is -1.41. The van der Waals surface area contributed by atoms with Crippen LogP contribution >= 0.6 is 0 Å². The van der Waals surface area contributed by atoms with Crippen molar-refractivity contribution in [3.8, 4) is 0 Å². The smallest absolute Gasteiger partial charge is 0.0410 e. The lowest BCUT2D eigenvalue weighted by atomic mass is 9.83. The van der Waals surface area contributed by atoms with E-state index in [1.54, 1.807) is 0 Å². The van der Waals surface area contributed by atoms with Gasteiger partial charge in [0, 0.05) is 23.3 Å². The number of hydrogen-bond donors (Lipinski definition) is 1. The van der Waals surface area contributed by atoms with E-state index in [1.165, 1.54) is 10.9 Å². The number of aromatic nitrogens is 1. The Bertz CT molecular complexity index is 482. The molecule has 0 spiro atoms. The van der Waals surface area contributed by atoms with E-state index in [0.29, 0.717) is 0 Å². The third-order valence-electron chi connectivity index (χ3n) is 3.48. The van der Waals surface area contributed by atoms with Gasteiger partial charge in [-0.05, 0) is 29.9 Å². The molecular formula is C14H18N2. The fourth-order valence-corrected chi connectivity index (χ4v) is 2.19. The highest BCUT2D eigenvalue weighted by Crippen LogP contribution is 2.31. The highest BCUT2D eigenvalue weighted by atomic mass is 14.7. The first-order valence-electron chi connectivity index (χ1n) is 5.83. The second-order valence-corrected chi connectivity index (χ2v) is 4.27. The Morgan fingerprint density at radius 3 is 2.62 bits per heavy atom. The molecule has 0 fully saturated rings. The minimum Gasteiger partial charge on any atom is -0.321 e. The third-order valence-corrected chi connectivity index (χ3v) is 3.48. The zero-order chi connectivity index (χ0) is 11.6. The van der Waals surface area contributed by atoms with Gasteiger partial charge in [-0.15, -0.1) is 0 Å². The normalized spacial score (nSPS) is 11.9. The Kier molecular flexibility index (Phi) is 2.92. The molecule has 0 radical (unpaired) electrons. The standard InChI is InChI=1S/C14H18N2/c1-3-14(15,4-2)13-7-5-6-11-10-16-9-8-12(11)13/h5-10H,3-4,15H2,1-2H3. The number of nitrogens with zero attached hydrogens (tertiary/aromatic N) is 1. The maximum Gasteiger partial charge on any atom is 0.0410 e. The lowest BCUT2D eigenvalue weighted by Crippen LogP contribution is -2.35. The molecule has 0 saturated heterocycles. The zero-order valence-corrected chi connectivity index (χ0v) is 9.90. The first-order valence-corrected chi connectivity index (χ1v) is 5.83. The average Bonchev–Trinajstić information content (AvgIpc) is 2.37. The first-order chi connectivity index (χ1) is 7.71. The molecule has 0 bridgehead atoms. The Morgan fingerprint density at radius 1 is 1.19 bits per heavy atom. The van der Waals surface area contributed by atoms with Crippen LogP contribution in [0.5, 0.6) is 0 Å². The summed E-state index contributed by atoms with van der Waals surface area (Å²) in [4.78, 5) is 4.15. The molecule has 0 aliphatic heterocycles. The lowest BCUT2D eigenvalue weighted by molar-refractivity contribution is 0.416. The Labute approximate surface area is 96.5 Å². The van der Waals surface area contributed by atoms with Crippen LogP contribution < -0.4 is 5.73 Å². The van der Waals surface area contributed by atoms with Gasteiger partial charge < -0.3 is 5.73 Å². The molecular weight excluding hydrogens is 196 g/mol. The van der Waals surface area contributed by atoms with E-state index in [4.69, 9.17) is 5.73 Å². The van der Waals surface area contributed by atoms with E-state index in [0.717, 1.165) is 18.2 Å². The number of benzene rings is 1. The Morgan fingerprint density at radius 2 is 1.94 bits per heavy atom. The summed E-state index contributed by atoms with van der Waals surface area (Å²) in [6.45, 7) is 4.28. The molecule has 0 amide bonds. The maximum atomic E-state index is 6.46. The molecule has 1 heterocycles. The van der Waals surface area contributed by atoms with E-state index in [9.17, 15) is 0 Å². The van der Waals surface area contributed by atoms with E-state index < -0.39 is 0 Å². The van der Waals surface area contributed by atoms with Crippen molar-refractivity contribution in [2.75, 3.05) is 0 Å². The van der Waals surface area contributed by atoms with Gasteiger partial charge in [-0.1, -0.05) is 32.0 Å². The van der Waals surface area contributed by atoms with Crippen LogP contribution in [0.1, 0.15) is 32.3 Å². The fraction of sp³-hybridized carbons (Fsp3) is 0.357. The molecule has 2 aromatic rings. The number of rotatable bonds is 3.